The van der Waals surface area contributed by atoms with E-state index in [9.17, 15) is 0 Å². The van der Waals surface area contributed by atoms with Crippen molar-refractivity contribution in [1.29, 1.82) is 0 Å². The SMILES string of the molecule is CC(C)(C)c1ccc(N(c2ccc(C(C)(C)C)cc2)c2ccc3c(c2)N(c2ccc(-c4cccc5c4oc4ccccc45)cc2)c2cc(C(C)(C)C)cc4c2B3c2cc(C(C)(C)C)cc3c2N4c2cc(C(C)(C)C)cc4c5cc(C(C)(C)C)ccc5n-3c24)cc1. The minimum Gasteiger partial charge on any atom is -0.455 e. The molecule has 0 aliphatic carbocycles. The Morgan fingerprint density at radius 2 is 0.867 bits per heavy atom. The molecule has 0 spiro atoms. The Bertz CT molecular complexity index is 4880. The van der Waals surface area contributed by atoms with Crippen molar-refractivity contribution < 1.29 is 4.42 Å². The number of anilines is 9. The number of furan rings is 1. The monoisotopic (exact) mass is 1180 g/mol. The third kappa shape index (κ3) is 9.00. The van der Waals surface area contributed by atoms with E-state index in [4.69, 9.17) is 4.42 Å². The van der Waals surface area contributed by atoms with E-state index in [0.29, 0.717) is 0 Å². The van der Waals surface area contributed by atoms with Crippen LogP contribution < -0.4 is 31.1 Å². The minimum atomic E-state index is -0.213. The van der Waals surface area contributed by atoms with Crippen LogP contribution in [-0.2, 0) is 32.5 Å². The molecule has 90 heavy (non-hydrogen) atoms. The standard InChI is InChI=1S/C84H85BN4O/c1-79(2,3)51-28-35-57(36-29-51)86(58-37-30-52(31-38-58)80(4,5)6)60-39-40-66-69(49-60)87(59-33-26-50(27-34-59)61-23-21-24-63-62-22-19-20-25-74(62)90-78(61)63)70-45-56(84(16,17)18)46-71-75(70)85(66)67-44-55(83(13,14)15)48-73-77(67)89(71)72-47-54(82(10,11)12)43-65-64-42-53(81(7,8)9)32-41-68(64)88(73)76(65)72/h19-49H,1-18H3. The second-order valence-electron chi connectivity index (χ2n) is 32.4. The molecule has 10 aromatic carbocycles. The zero-order chi connectivity index (χ0) is 63.3. The molecular weight excluding hydrogens is 1090 g/mol. The lowest BCUT2D eigenvalue weighted by atomic mass is 9.33. The molecule has 0 amide bonds. The summed E-state index contributed by atoms with van der Waals surface area (Å²) in [6.07, 6.45) is 0. The van der Waals surface area contributed by atoms with E-state index in [1.807, 2.05) is 0 Å². The van der Waals surface area contributed by atoms with E-state index < -0.39 is 0 Å². The molecule has 0 radical (unpaired) electrons. The highest BCUT2D eigenvalue weighted by atomic mass is 16.3. The molecule has 2 aromatic heterocycles. The van der Waals surface area contributed by atoms with Gasteiger partial charge in [0.2, 0.25) is 0 Å². The minimum absolute atomic E-state index is 0.00256. The van der Waals surface area contributed by atoms with E-state index in [-0.39, 0.29) is 39.2 Å². The smallest absolute Gasteiger partial charge is 0.252 e. The normalized spacial score (nSPS) is 14.0. The van der Waals surface area contributed by atoms with Crippen molar-refractivity contribution in [3.8, 4) is 16.8 Å². The van der Waals surface area contributed by atoms with Gasteiger partial charge in [-0.1, -0.05) is 216 Å². The van der Waals surface area contributed by atoms with Crippen molar-refractivity contribution in [2.75, 3.05) is 14.7 Å². The summed E-state index contributed by atoms with van der Waals surface area (Å²) in [5.74, 6) is 0. The molecule has 3 aliphatic rings. The van der Waals surface area contributed by atoms with Gasteiger partial charge in [-0.2, -0.15) is 0 Å². The van der Waals surface area contributed by atoms with Crippen molar-refractivity contribution in [2.24, 2.45) is 0 Å². The molecule has 5 heterocycles. The average Bonchev–Trinajstić information content (AvgIpc) is 1.17. The number of nitrogens with zero attached hydrogens (tertiary/aromatic N) is 4. The van der Waals surface area contributed by atoms with Crippen LogP contribution in [0.3, 0.4) is 0 Å². The van der Waals surface area contributed by atoms with E-state index >= 15 is 0 Å². The number of rotatable bonds is 5. The van der Waals surface area contributed by atoms with Gasteiger partial charge >= 0.3 is 0 Å². The number of hydrogen-bond acceptors (Lipinski definition) is 4. The lowest BCUT2D eigenvalue weighted by molar-refractivity contribution is 0.589. The first-order valence-electron chi connectivity index (χ1n) is 32.7. The molecule has 450 valence electrons. The maximum atomic E-state index is 6.70. The Morgan fingerprint density at radius 1 is 0.356 bits per heavy atom. The van der Waals surface area contributed by atoms with Crippen LogP contribution >= 0.6 is 0 Å². The number of para-hydroxylation sites is 2. The van der Waals surface area contributed by atoms with Gasteiger partial charge in [-0.05, 0) is 185 Å². The van der Waals surface area contributed by atoms with Crippen LogP contribution in [0.15, 0.2) is 192 Å². The fourth-order valence-corrected chi connectivity index (χ4v) is 14.7. The van der Waals surface area contributed by atoms with E-state index in [2.05, 4.69) is 332 Å². The van der Waals surface area contributed by atoms with Crippen molar-refractivity contribution in [2.45, 2.75) is 157 Å². The Hall–Kier alpha value is -8.74. The molecule has 0 N–H and O–H groups in total. The number of fused-ring (bicyclic) bond motifs is 12. The largest absolute Gasteiger partial charge is 0.455 e. The Morgan fingerprint density at radius 3 is 1.48 bits per heavy atom. The summed E-state index contributed by atoms with van der Waals surface area (Å²) >= 11 is 0. The van der Waals surface area contributed by atoms with Crippen LogP contribution in [0.5, 0.6) is 0 Å². The second-order valence-corrected chi connectivity index (χ2v) is 32.4. The second kappa shape index (κ2) is 19.4. The van der Waals surface area contributed by atoms with Crippen molar-refractivity contribution in [3.05, 3.63) is 221 Å². The van der Waals surface area contributed by atoms with Gasteiger partial charge in [0, 0.05) is 66.9 Å². The van der Waals surface area contributed by atoms with Crippen LogP contribution in [0.25, 0.3) is 60.6 Å². The van der Waals surface area contributed by atoms with Crippen LogP contribution in [0.2, 0.25) is 0 Å². The molecule has 12 aromatic rings. The summed E-state index contributed by atoms with van der Waals surface area (Å²) in [4.78, 5) is 7.82. The zero-order valence-corrected chi connectivity index (χ0v) is 56.2. The van der Waals surface area contributed by atoms with Crippen molar-refractivity contribution in [3.63, 3.8) is 0 Å². The molecule has 0 atom stereocenters. The summed E-state index contributed by atoms with van der Waals surface area (Å²) in [5, 5.41) is 4.87. The highest BCUT2D eigenvalue weighted by Gasteiger charge is 2.48. The van der Waals surface area contributed by atoms with Gasteiger partial charge in [-0.15, -0.1) is 0 Å². The van der Waals surface area contributed by atoms with Gasteiger partial charge in [-0.3, -0.25) is 0 Å². The van der Waals surface area contributed by atoms with Crippen LogP contribution in [0, 0.1) is 0 Å². The van der Waals surface area contributed by atoms with Gasteiger partial charge < -0.3 is 23.7 Å². The molecular formula is C84H85BN4O. The summed E-state index contributed by atoms with van der Waals surface area (Å²) in [7, 11) is 0. The number of benzene rings is 10. The first-order chi connectivity index (χ1) is 42.4. The van der Waals surface area contributed by atoms with Crippen LogP contribution in [0.1, 0.15) is 158 Å². The number of aromatic nitrogens is 1. The fourth-order valence-electron chi connectivity index (χ4n) is 14.7. The molecule has 0 saturated carbocycles. The average molecular weight is 1180 g/mol. The highest BCUT2D eigenvalue weighted by molar-refractivity contribution is 7.00. The van der Waals surface area contributed by atoms with Crippen molar-refractivity contribution >= 4 is 118 Å². The third-order valence-corrected chi connectivity index (χ3v) is 20.0. The lowest BCUT2D eigenvalue weighted by Crippen LogP contribution is -2.62. The maximum Gasteiger partial charge on any atom is 0.252 e. The van der Waals surface area contributed by atoms with Crippen LogP contribution in [-0.4, -0.2) is 11.3 Å². The third-order valence-electron chi connectivity index (χ3n) is 20.0. The molecule has 5 nitrogen and oxygen atoms in total. The highest BCUT2D eigenvalue weighted by Crippen LogP contribution is 2.56. The van der Waals surface area contributed by atoms with E-state index in [0.717, 1.165) is 61.5 Å². The predicted molar refractivity (Wildman–Crippen MR) is 388 cm³/mol. The summed E-state index contributed by atoms with van der Waals surface area (Å²) < 4.78 is 9.35. The maximum absolute atomic E-state index is 6.70. The zero-order valence-electron chi connectivity index (χ0n) is 56.2. The van der Waals surface area contributed by atoms with Crippen LogP contribution in [0.4, 0.5) is 51.2 Å². The summed E-state index contributed by atoms with van der Waals surface area (Å²) in [6, 6.07) is 72.9. The molecule has 0 saturated heterocycles. The predicted octanol–water partition coefficient (Wildman–Crippen LogP) is 22.0. The van der Waals surface area contributed by atoms with E-state index in [1.165, 1.54) is 100 Å². The molecule has 3 aliphatic heterocycles. The van der Waals surface area contributed by atoms with Gasteiger partial charge in [0.1, 0.15) is 11.2 Å². The van der Waals surface area contributed by atoms with Gasteiger partial charge in [0.15, 0.2) is 0 Å². The Labute approximate surface area is 534 Å². The first kappa shape index (κ1) is 57.7. The topological polar surface area (TPSA) is 27.8 Å². The summed E-state index contributed by atoms with van der Waals surface area (Å²) in [6.45, 7) is 42.2. The van der Waals surface area contributed by atoms with Gasteiger partial charge in [-0.25, -0.2) is 0 Å². The summed E-state index contributed by atoms with van der Waals surface area (Å²) in [5.41, 5.74) is 29.6. The first-order valence-corrected chi connectivity index (χ1v) is 32.7. The van der Waals surface area contributed by atoms with Gasteiger partial charge in [0.25, 0.3) is 6.71 Å². The molecule has 15 rings (SSSR count). The lowest BCUT2D eigenvalue weighted by Gasteiger charge is -2.47. The Balaban J connectivity index is 1.05. The Kier molecular flexibility index (Phi) is 12.4. The van der Waals surface area contributed by atoms with Gasteiger partial charge in [0.05, 0.1) is 28.1 Å². The quantitative estimate of drug-likeness (QED) is 0.161. The molecule has 0 unspecified atom stereocenters. The van der Waals surface area contributed by atoms with E-state index in [1.54, 1.807) is 0 Å². The molecule has 0 bridgehead atoms. The number of hydrogen-bond donors (Lipinski definition) is 0. The fraction of sp³-hybridized carbons (Fsp3) is 0.286. The van der Waals surface area contributed by atoms with Crippen molar-refractivity contribution in [1.82, 2.24) is 4.57 Å². The molecule has 0 fully saturated rings. The molecule has 6 heteroatoms.